The number of fused-ring (bicyclic) bond motifs is 1. The largest absolute Gasteiger partial charge is 4.00 e. The Labute approximate surface area is 248 Å². The van der Waals surface area contributed by atoms with E-state index in [0.29, 0.717) is 5.41 Å². The van der Waals surface area contributed by atoms with Crippen LogP contribution < -0.4 is 24.8 Å². The van der Waals surface area contributed by atoms with Gasteiger partial charge in [-0.2, -0.15) is 29.8 Å². The minimum absolute atomic E-state index is 0. The zero-order chi connectivity index (χ0) is 23.9. The molecule has 0 N–H and O–H groups in total. The Hall–Kier alpha value is -0.920. The Morgan fingerprint density at radius 2 is 1.29 bits per heavy atom. The summed E-state index contributed by atoms with van der Waals surface area (Å²) in [5.74, 6) is 0. The Bertz CT molecular complexity index is 1080. The van der Waals surface area contributed by atoms with Crippen molar-refractivity contribution in [1.82, 2.24) is 0 Å². The zero-order valence-electron chi connectivity index (χ0n) is 22.8. The number of aryl methyl sites for hydroxylation is 1. The maximum Gasteiger partial charge on any atom is 4.00 e. The summed E-state index contributed by atoms with van der Waals surface area (Å²) in [4.78, 5) is 0. The molecule has 0 atom stereocenters. The van der Waals surface area contributed by atoms with E-state index in [2.05, 4.69) is 140 Å². The summed E-state index contributed by atoms with van der Waals surface area (Å²) in [7, 11) is 0.750. The van der Waals surface area contributed by atoms with Gasteiger partial charge in [0.05, 0.1) is 0 Å². The molecular weight excluding hydrogens is 563 g/mol. The molecule has 0 saturated carbocycles. The van der Waals surface area contributed by atoms with Gasteiger partial charge >= 0.3 is 26.2 Å². The summed E-state index contributed by atoms with van der Waals surface area (Å²) in [6, 6.07) is 28.6. The number of hydrogen-bond acceptors (Lipinski definition) is 0. The fourth-order valence-corrected chi connectivity index (χ4v) is 3.66. The minimum Gasteiger partial charge on any atom is -1.00 e. The maximum atomic E-state index is 2.28. The van der Waals surface area contributed by atoms with E-state index in [1.165, 1.54) is 38.6 Å². The van der Waals surface area contributed by atoms with Gasteiger partial charge in [-0.1, -0.05) is 103 Å². The van der Waals surface area contributed by atoms with Crippen molar-refractivity contribution in [3.05, 3.63) is 95.6 Å². The number of benzene rings is 2. The third-order valence-electron chi connectivity index (χ3n) is 5.49. The number of rotatable bonds is 1. The van der Waals surface area contributed by atoms with E-state index in [4.69, 9.17) is 0 Å². The summed E-state index contributed by atoms with van der Waals surface area (Å²) >= 11 is 0. The average molecular weight is 604 g/mol. The molecule has 0 heterocycles. The molecule has 0 unspecified atom stereocenters. The summed E-state index contributed by atoms with van der Waals surface area (Å²) in [5, 5.41) is 2.69. The molecular formula is C31H41Cl2SiZr. The van der Waals surface area contributed by atoms with Crippen molar-refractivity contribution in [2.24, 2.45) is 0 Å². The van der Waals surface area contributed by atoms with Crippen LogP contribution in [-0.4, -0.2) is 9.52 Å². The number of halogens is 2. The van der Waals surface area contributed by atoms with Gasteiger partial charge < -0.3 is 24.8 Å². The first kappa shape index (κ1) is 36.2. The molecule has 0 aromatic heterocycles. The van der Waals surface area contributed by atoms with E-state index in [-0.39, 0.29) is 56.4 Å². The molecule has 0 fully saturated rings. The second-order valence-electron chi connectivity index (χ2n) is 10.7. The fourth-order valence-electron chi connectivity index (χ4n) is 3.66. The van der Waals surface area contributed by atoms with Crippen LogP contribution in [-0.2, 0) is 37.0 Å². The first-order chi connectivity index (χ1) is 15.0. The number of hydrogen-bond donors (Lipinski definition) is 0. The molecule has 4 rings (SSSR count). The smallest absolute Gasteiger partial charge is 1.00 e. The van der Waals surface area contributed by atoms with Crippen LogP contribution in [0.25, 0.3) is 21.9 Å². The first-order valence-corrected chi connectivity index (χ1v) is 14.0. The van der Waals surface area contributed by atoms with Crippen LogP contribution in [0.1, 0.15) is 58.2 Å². The van der Waals surface area contributed by atoms with Crippen molar-refractivity contribution in [2.45, 2.75) is 72.4 Å². The molecule has 0 amide bonds. The van der Waals surface area contributed by atoms with E-state index < -0.39 is 0 Å². The summed E-state index contributed by atoms with van der Waals surface area (Å²) in [6.45, 7) is 20.0. The van der Waals surface area contributed by atoms with Crippen LogP contribution in [0, 0.1) is 6.92 Å². The van der Waals surface area contributed by atoms with Crippen LogP contribution in [0.5, 0.6) is 0 Å². The fraction of sp³-hybridized carbons (Fsp3) is 0.355. The second-order valence-corrected chi connectivity index (χ2v) is 11.8. The van der Waals surface area contributed by atoms with Gasteiger partial charge in [-0.3, -0.25) is 0 Å². The third kappa shape index (κ3) is 10.9. The standard InChI is InChI=1S/C20H21.C9H13.C2H7Si.2ClH.Zr/c1-14-12-16-6-5-7-18(19(16)13-14)15-8-10-17(11-9-15)20(2,3)4;1-9(2,3)8-6-4-5-7-8;1-3-2;;;/h5-13H,1-4H3;4-7H,1-3H3;3H,1-2H3;2*1H;/q2*-1;;;;+4/p-2. The SMILES string of the molecule is CC(C)(C)c1cc[cH-]c1.C[SiH]C.Cc1cc2c(-c3ccc(C(C)(C)C)cc3)cccc2[cH-]1.[Cl-].[Cl-].[Zr+4]. The predicted octanol–water partition coefficient (Wildman–Crippen LogP) is 3.06. The Balaban J connectivity index is 0. The van der Waals surface area contributed by atoms with Crippen LogP contribution >= 0.6 is 0 Å². The van der Waals surface area contributed by atoms with Gasteiger partial charge in [0.15, 0.2) is 0 Å². The van der Waals surface area contributed by atoms with Crippen LogP contribution in [0.15, 0.2) is 78.9 Å². The molecule has 0 saturated heterocycles. The van der Waals surface area contributed by atoms with Crippen molar-refractivity contribution >= 4 is 20.3 Å². The van der Waals surface area contributed by atoms with Crippen molar-refractivity contribution < 1.29 is 51.0 Å². The van der Waals surface area contributed by atoms with E-state index in [9.17, 15) is 0 Å². The van der Waals surface area contributed by atoms with Gasteiger partial charge in [0, 0.05) is 9.52 Å². The maximum absolute atomic E-state index is 2.28. The Morgan fingerprint density at radius 3 is 1.71 bits per heavy atom. The van der Waals surface area contributed by atoms with Gasteiger partial charge in [-0.25, -0.2) is 6.07 Å². The Morgan fingerprint density at radius 1 is 0.743 bits per heavy atom. The minimum atomic E-state index is 0. The van der Waals surface area contributed by atoms with Crippen LogP contribution in [0.4, 0.5) is 0 Å². The van der Waals surface area contributed by atoms with Gasteiger partial charge in [-0.05, 0) is 16.5 Å². The van der Waals surface area contributed by atoms with Gasteiger partial charge in [-0.15, -0.1) is 34.5 Å². The van der Waals surface area contributed by atoms with Gasteiger partial charge in [0.1, 0.15) is 0 Å². The molecule has 0 nitrogen and oxygen atoms in total. The van der Waals surface area contributed by atoms with Gasteiger partial charge in [0.25, 0.3) is 0 Å². The molecule has 4 aromatic rings. The van der Waals surface area contributed by atoms with E-state index in [1.54, 1.807) is 0 Å². The predicted molar refractivity (Wildman–Crippen MR) is 148 cm³/mol. The summed E-state index contributed by atoms with van der Waals surface area (Å²) < 4.78 is 0. The normalized spacial score (nSPS) is 10.4. The summed E-state index contributed by atoms with van der Waals surface area (Å²) in [6.07, 6.45) is 0. The van der Waals surface area contributed by atoms with E-state index in [1.807, 2.05) is 0 Å². The molecule has 0 aliphatic rings. The van der Waals surface area contributed by atoms with Crippen molar-refractivity contribution in [3.63, 3.8) is 0 Å². The molecule has 4 heteroatoms. The van der Waals surface area contributed by atoms with Crippen molar-refractivity contribution in [3.8, 4) is 11.1 Å². The topological polar surface area (TPSA) is 0 Å². The molecule has 0 bridgehead atoms. The average Bonchev–Trinajstić information content (AvgIpc) is 3.37. The molecule has 4 aromatic carbocycles. The van der Waals surface area contributed by atoms with Gasteiger partial charge in [0.2, 0.25) is 0 Å². The van der Waals surface area contributed by atoms with E-state index >= 15 is 0 Å². The van der Waals surface area contributed by atoms with Crippen LogP contribution in [0.2, 0.25) is 13.1 Å². The molecule has 35 heavy (non-hydrogen) atoms. The molecule has 0 aliphatic heterocycles. The second kappa shape index (κ2) is 16.0. The molecule has 0 spiro atoms. The van der Waals surface area contributed by atoms with Crippen molar-refractivity contribution in [2.75, 3.05) is 0 Å². The quantitative estimate of drug-likeness (QED) is 0.232. The van der Waals surface area contributed by atoms with Crippen molar-refractivity contribution in [1.29, 1.82) is 0 Å². The molecule has 187 valence electrons. The monoisotopic (exact) mass is 601 g/mol. The van der Waals surface area contributed by atoms with E-state index in [0.717, 1.165) is 9.52 Å². The first-order valence-electron chi connectivity index (χ1n) is 11.7. The molecule has 0 aliphatic carbocycles. The Kier molecular flexibility index (Phi) is 16.6. The zero-order valence-corrected chi connectivity index (χ0v) is 28.0. The summed E-state index contributed by atoms with van der Waals surface area (Å²) in [5.41, 5.74) is 7.30. The third-order valence-corrected chi connectivity index (χ3v) is 5.49. The van der Waals surface area contributed by atoms with Crippen LogP contribution in [0.3, 0.4) is 0 Å². The molecule has 1 radical (unpaired) electrons.